The molecule has 0 heterocycles. The molecule has 0 aliphatic rings. The Kier molecular flexibility index (Phi) is 10.7. The van der Waals surface area contributed by atoms with Crippen molar-refractivity contribution in [1.29, 1.82) is 0 Å². The van der Waals surface area contributed by atoms with Gasteiger partial charge in [0.2, 0.25) is 11.8 Å². The van der Waals surface area contributed by atoms with Gasteiger partial charge in [0, 0.05) is 27.7 Å². The average Bonchev–Trinajstić information content (AvgIpc) is 2.89. The lowest BCUT2D eigenvalue weighted by Gasteiger charge is -2.32. The summed E-state index contributed by atoms with van der Waals surface area (Å²) >= 11 is 18.3. The molecule has 11 heteroatoms. The Balaban J connectivity index is 2.03. The van der Waals surface area contributed by atoms with Gasteiger partial charge in [-0.15, -0.1) is 0 Å². The highest BCUT2D eigenvalue weighted by Crippen LogP contribution is 2.27. The highest BCUT2D eigenvalue weighted by molar-refractivity contribution is 7.92. The SMILES string of the molecule is CC[C@H](C)NC(=O)[C@H](C)N(Cc1cccc(Cl)c1)C(=O)CN(c1cccc(Cl)c1)S(=O)(=O)c1ccc(Cl)cc1. The molecule has 2 atom stereocenters. The molecule has 0 radical (unpaired) electrons. The van der Waals surface area contributed by atoms with Gasteiger partial charge in [-0.3, -0.25) is 13.9 Å². The zero-order chi connectivity index (χ0) is 28.7. The van der Waals surface area contributed by atoms with Crippen molar-refractivity contribution in [2.45, 2.75) is 50.7 Å². The molecule has 3 aromatic rings. The maximum atomic E-state index is 13.9. The van der Waals surface area contributed by atoms with Crippen LogP contribution >= 0.6 is 34.8 Å². The highest BCUT2D eigenvalue weighted by atomic mass is 35.5. The molecule has 0 aromatic heterocycles. The van der Waals surface area contributed by atoms with Gasteiger partial charge in [-0.1, -0.05) is 59.9 Å². The van der Waals surface area contributed by atoms with E-state index in [1.807, 2.05) is 13.8 Å². The predicted octanol–water partition coefficient (Wildman–Crippen LogP) is 6.17. The van der Waals surface area contributed by atoms with Crippen LogP contribution in [0.2, 0.25) is 15.1 Å². The number of rotatable bonds is 11. The Hall–Kier alpha value is -2.78. The number of anilines is 1. The summed E-state index contributed by atoms with van der Waals surface area (Å²) in [5.41, 5.74) is 0.888. The van der Waals surface area contributed by atoms with E-state index in [0.717, 1.165) is 4.31 Å². The van der Waals surface area contributed by atoms with E-state index in [2.05, 4.69) is 5.32 Å². The minimum absolute atomic E-state index is 0.0405. The van der Waals surface area contributed by atoms with Crippen molar-refractivity contribution in [3.05, 3.63) is 93.4 Å². The molecule has 39 heavy (non-hydrogen) atoms. The summed E-state index contributed by atoms with van der Waals surface area (Å²) in [7, 11) is -4.22. The fourth-order valence-electron chi connectivity index (χ4n) is 3.77. The third-order valence-corrected chi connectivity index (χ3v) is 8.70. The van der Waals surface area contributed by atoms with Crippen LogP contribution < -0.4 is 9.62 Å². The molecular weight excluding hydrogens is 581 g/mol. The van der Waals surface area contributed by atoms with Crippen molar-refractivity contribution in [1.82, 2.24) is 10.2 Å². The molecule has 0 bridgehead atoms. The minimum atomic E-state index is -4.22. The Bertz CT molecular complexity index is 1420. The number of sulfonamides is 1. The average molecular weight is 611 g/mol. The molecule has 0 fully saturated rings. The van der Waals surface area contributed by atoms with Crippen molar-refractivity contribution < 1.29 is 18.0 Å². The Morgan fingerprint density at radius 2 is 1.49 bits per heavy atom. The largest absolute Gasteiger partial charge is 0.352 e. The first kappa shape index (κ1) is 30.8. The summed E-state index contributed by atoms with van der Waals surface area (Å²) in [5, 5.41) is 4.04. The molecule has 1 N–H and O–H groups in total. The van der Waals surface area contributed by atoms with Gasteiger partial charge in [0.25, 0.3) is 10.0 Å². The summed E-state index contributed by atoms with van der Waals surface area (Å²) in [6.45, 7) is 4.88. The van der Waals surface area contributed by atoms with Crippen LogP contribution in [0.1, 0.15) is 32.8 Å². The zero-order valence-electron chi connectivity index (χ0n) is 21.8. The first-order valence-corrected chi connectivity index (χ1v) is 14.9. The predicted molar refractivity (Wildman–Crippen MR) is 157 cm³/mol. The lowest BCUT2D eigenvalue weighted by molar-refractivity contribution is -0.139. The number of hydrogen-bond donors (Lipinski definition) is 1. The van der Waals surface area contributed by atoms with Crippen molar-refractivity contribution in [2.75, 3.05) is 10.8 Å². The molecule has 0 aliphatic carbocycles. The smallest absolute Gasteiger partial charge is 0.264 e. The first-order chi connectivity index (χ1) is 18.4. The number of hydrogen-bond acceptors (Lipinski definition) is 4. The fourth-order valence-corrected chi connectivity index (χ4v) is 5.70. The molecule has 0 saturated carbocycles. The number of nitrogens with one attached hydrogen (secondary N) is 1. The maximum Gasteiger partial charge on any atom is 0.264 e. The summed E-state index contributed by atoms with van der Waals surface area (Å²) in [6.07, 6.45) is 0.711. The molecule has 0 aliphatic heterocycles. The van der Waals surface area contributed by atoms with Crippen molar-refractivity contribution >= 4 is 62.3 Å². The van der Waals surface area contributed by atoms with Crippen LogP contribution in [-0.2, 0) is 26.2 Å². The van der Waals surface area contributed by atoms with E-state index in [0.29, 0.717) is 27.1 Å². The number of halogens is 3. The van der Waals surface area contributed by atoms with Gasteiger partial charge in [-0.2, -0.15) is 0 Å². The van der Waals surface area contributed by atoms with Crippen LogP contribution in [0.15, 0.2) is 77.7 Å². The van der Waals surface area contributed by atoms with E-state index in [-0.39, 0.29) is 29.1 Å². The third-order valence-electron chi connectivity index (χ3n) is 6.19. The van der Waals surface area contributed by atoms with Crippen molar-refractivity contribution in [2.24, 2.45) is 0 Å². The van der Waals surface area contributed by atoms with Crippen LogP contribution in [-0.4, -0.2) is 43.8 Å². The zero-order valence-corrected chi connectivity index (χ0v) is 24.9. The van der Waals surface area contributed by atoms with Gasteiger partial charge >= 0.3 is 0 Å². The molecule has 3 aromatic carbocycles. The summed E-state index contributed by atoms with van der Waals surface area (Å²) in [5.74, 6) is -0.936. The van der Waals surface area contributed by atoms with Crippen LogP contribution in [0.3, 0.4) is 0 Å². The van der Waals surface area contributed by atoms with E-state index >= 15 is 0 Å². The second kappa shape index (κ2) is 13.5. The number of benzene rings is 3. The number of amides is 2. The standard InChI is InChI=1S/C28H30Cl3N3O4S/c1-4-19(2)32-28(36)20(3)33(17-21-7-5-8-23(30)15-21)27(35)18-34(25-10-6-9-24(31)16-25)39(37,38)26-13-11-22(29)12-14-26/h5-16,19-20H,4,17-18H2,1-3H3,(H,32,36)/t19-,20-/m0/s1. The minimum Gasteiger partial charge on any atom is -0.352 e. The molecule has 2 amide bonds. The first-order valence-electron chi connectivity index (χ1n) is 12.3. The van der Waals surface area contributed by atoms with E-state index < -0.39 is 28.5 Å². The number of nitrogens with zero attached hydrogens (tertiary/aromatic N) is 2. The van der Waals surface area contributed by atoms with Crippen LogP contribution in [0.4, 0.5) is 5.69 Å². The lowest BCUT2D eigenvalue weighted by Crippen LogP contribution is -2.52. The van der Waals surface area contributed by atoms with Gasteiger partial charge < -0.3 is 10.2 Å². The summed E-state index contributed by atoms with van der Waals surface area (Å²) in [6, 6.07) is 17.8. The van der Waals surface area contributed by atoms with Gasteiger partial charge in [-0.05, 0) is 80.4 Å². The Morgan fingerprint density at radius 3 is 2.08 bits per heavy atom. The van der Waals surface area contributed by atoms with Crippen molar-refractivity contribution in [3.63, 3.8) is 0 Å². The van der Waals surface area contributed by atoms with E-state index in [9.17, 15) is 18.0 Å². The topological polar surface area (TPSA) is 86.8 Å². The quantitative estimate of drug-likeness (QED) is 0.281. The van der Waals surface area contributed by atoms with Gasteiger partial charge in [0.15, 0.2) is 0 Å². The van der Waals surface area contributed by atoms with Gasteiger partial charge in [-0.25, -0.2) is 8.42 Å². The Morgan fingerprint density at radius 1 is 0.872 bits per heavy atom. The molecule has 0 saturated heterocycles. The second-order valence-corrected chi connectivity index (χ2v) is 12.3. The van der Waals surface area contributed by atoms with E-state index in [4.69, 9.17) is 34.8 Å². The lowest BCUT2D eigenvalue weighted by atomic mass is 10.1. The molecule has 3 rings (SSSR count). The third kappa shape index (κ3) is 8.11. The van der Waals surface area contributed by atoms with E-state index in [1.54, 1.807) is 49.4 Å². The maximum absolute atomic E-state index is 13.9. The van der Waals surface area contributed by atoms with Crippen molar-refractivity contribution in [3.8, 4) is 0 Å². The highest BCUT2D eigenvalue weighted by Gasteiger charge is 2.33. The monoisotopic (exact) mass is 609 g/mol. The van der Waals surface area contributed by atoms with Gasteiger partial charge in [0.1, 0.15) is 12.6 Å². The molecular formula is C28H30Cl3N3O4S. The summed E-state index contributed by atoms with van der Waals surface area (Å²) in [4.78, 5) is 28.3. The van der Waals surface area contributed by atoms with Crippen LogP contribution in [0.5, 0.6) is 0 Å². The fraction of sp³-hybridized carbons (Fsp3) is 0.286. The number of carbonyl (C=O) groups excluding carboxylic acids is 2. The van der Waals surface area contributed by atoms with Crippen LogP contribution in [0.25, 0.3) is 0 Å². The Labute approximate surface area is 244 Å². The molecule has 0 spiro atoms. The molecule has 7 nitrogen and oxygen atoms in total. The van der Waals surface area contributed by atoms with Crippen LogP contribution in [0, 0.1) is 0 Å². The summed E-state index contributed by atoms with van der Waals surface area (Å²) < 4.78 is 28.5. The second-order valence-electron chi connectivity index (χ2n) is 9.09. The normalized spacial score (nSPS) is 12.9. The van der Waals surface area contributed by atoms with Gasteiger partial charge in [0.05, 0.1) is 10.6 Å². The van der Waals surface area contributed by atoms with E-state index in [1.165, 1.54) is 35.2 Å². The molecule has 208 valence electrons. The molecule has 0 unspecified atom stereocenters. The number of carbonyl (C=O) groups is 2.